The molecule has 28 heavy (non-hydrogen) atoms. The zero-order valence-electron chi connectivity index (χ0n) is 15.6. The molecule has 0 radical (unpaired) electrons. The van der Waals surface area contributed by atoms with Crippen molar-refractivity contribution < 1.29 is 34.2 Å². The zero-order valence-corrected chi connectivity index (χ0v) is 15.6. The molecule has 158 valence electrons. The van der Waals surface area contributed by atoms with Crippen LogP contribution in [0, 0.1) is 0 Å². The summed E-state index contributed by atoms with van der Waals surface area (Å²) in [5.41, 5.74) is 10.4. The molecule has 4 atom stereocenters. The Balaban J connectivity index is 2.75. The van der Waals surface area contributed by atoms with Crippen molar-refractivity contribution in [3.63, 3.8) is 0 Å². The first-order valence-corrected chi connectivity index (χ1v) is 8.87. The van der Waals surface area contributed by atoms with Crippen LogP contribution in [0.15, 0.2) is 0 Å². The summed E-state index contributed by atoms with van der Waals surface area (Å²) in [5.74, 6) is -3.90. The van der Waals surface area contributed by atoms with Gasteiger partial charge in [0.1, 0.15) is 24.2 Å². The highest BCUT2D eigenvalue weighted by Gasteiger charge is 2.37. The van der Waals surface area contributed by atoms with Crippen molar-refractivity contribution in [3.05, 3.63) is 0 Å². The number of aliphatic hydroxyl groups is 1. The quantitative estimate of drug-likeness (QED) is 0.217. The van der Waals surface area contributed by atoms with Crippen LogP contribution in [0.2, 0.25) is 0 Å². The van der Waals surface area contributed by atoms with Gasteiger partial charge in [-0.25, -0.2) is 4.79 Å². The molecule has 0 aliphatic carbocycles. The smallest absolute Gasteiger partial charge is 0.326 e. The molecule has 0 aromatic heterocycles. The minimum Gasteiger partial charge on any atom is -0.480 e. The van der Waals surface area contributed by atoms with Gasteiger partial charge in [0, 0.05) is 13.0 Å². The molecule has 0 spiro atoms. The van der Waals surface area contributed by atoms with Crippen LogP contribution < -0.4 is 22.1 Å². The van der Waals surface area contributed by atoms with Crippen molar-refractivity contribution in [3.8, 4) is 0 Å². The van der Waals surface area contributed by atoms with Crippen molar-refractivity contribution in [1.82, 2.24) is 15.5 Å². The van der Waals surface area contributed by atoms with E-state index in [4.69, 9.17) is 16.6 Å². The second kappa shape index (κ2) is 10.6. The molecule has 12 heteroatoms. The number of nitrogens with zero attached hydrogens (tertiary/aromatic N) is 1. The van der Waals surface area contributed by atoms with Crippen molar-refractivity contribution in [2.75, 3.05) is 13.2 Å². The first-order chi connectivity index (χ1) is 13.1. The lowest BCUT2D eigenvalue weighted by Crippen LogP contribution is -2.56. The molecule has 4 unspecified atom stereocenters. The number of carboxylic acid groups (broad SMARTS) is 1. The standard InChI is InChI=1S/C16H27N5O7/c1-8(19-13(24)9(17)7-22)15(26)21-6-2-3-11(21)14(25)20-10(16(27)28)4-5-12(18)23/h8-11,22H,2-7,17H2,1H3,(H2,18,23)(H,19,24)(H,20,25)(H,27,28). The molecule has 4 amide bonds. The molecule has 8 N–H and O–H groups in total. The Morgan fingerprint density at radius 3 is 2.39 bits per heavy atom. The summed E-state index contributed by atoms with van der Waals surface area (Å²) in [5, 5.41) is 22.8. The largest absolute Gasteiger partial charge is 0.480 e. The number of hydrogen-bond donors (Lipinski definition) is 6. The molecule has 0 aromatic rings. The number of carboxylic acids is 1. The molecule has 1 heterocycles. The molecule has 12 nitrogen and oxygen atoms in total. The molecule has 1 fully saturated rings. The van der Waals surface area contributed by atoms with Crippen molar-refractivity contribution >= 4 is 29.6 Å². The summed E-state index contributed by atoms with van der Waals surface area (Å²) in [6.45, 7) is 1.11. The second-order valence-electron chi connectivity index (χ2n) is 6.61. The molecule has 0 aromatic carbocycles. The van der Waals surface area contributed by atoms with E-state index < -0.39 is 60.4 Å². The Kier molecular flexibility index (Phi) is 8.79. The predicted octanol–water partition coefficient (Wildman–Crippen LogP) is -3.36. The number of likely N-dealkylation sites (tertiary alicyclic amines) is 1. The number of carbonyl (C=O) groups is 5. The van der Waals surface area contributed by atoms with E-state index in [9.17, 15) is 29.1 Å². The van der Waals surface area contributed by atoms with E-state index in [1.165, 1.54) is 11.8 Å². The summed E-state index contributed by atoms with van der Waals surface area (Å²) < 4.78 is 0. The third-order valence-electron chi connectivity index (χ3n) is 4.40. The van der Waals surface area contributed by atoms with Gasteiger partial charge in [-0.2, -0.15) is 0 Å². The van der Waals surface area contributed by atoms with Crippen molar-refractivity contribution in [2.45, 2.75) is 56.8 Å². The number of hydrogen-bond acceptors (Lipinski definition) is 7. The average molecular weight is 401 g/mol. The van der Waals surface area contributed by atoms with Gasteiger partial charge in [0.05, 0.1) is 6.61 Å². The Labute approximate surface area is 161 Å². The van der Waals surface area contributed by atoms with Gasteiger partial charge < -0.3 is 37.2 Å². The third-order valence-corrected chi connectivity index (χ3v) is 4.40. The fourth-order valence-corrected chi connectivity index (χ4v) is 2.83. The van der Waals surface area contributed by atoms with E-state index in [1.54, 1.807) is 0 Å². The molecule has 1 aliphatic rings. The highest BCUT2D eigenvalue weighted by Crippen LogP contribution is 2.19. The van der Waals surface area contributed by atoms with Crippen LogP contribution >= 0.6 is 0 Å². The van der Waals surface area contributed by atoms with Gasteiger partial charge in [-0.05, 0) is 26.2 Å². The molecule has 0 saturated carbocycles. The lowest BCUT2D eigenvalue weighted by atomic mass is 10.1. The highest BCUT2D eigenvalue weighted by atomic mass is 16.4. The zero-order chi connectivity index (χ0) is 21.4. The maximum absolute atomic E-state index is 12.6. The van der Waals surface area contributed by atoms with Crippen LogP contribution in [-0.4, -0.2) is 82.0 Å². The minimum atomic E-state index is -1.32. The Bertz CT molecular complexity index is 627. The number of aliphatic carboxylic acids is 1. The summed E-state index contributed by atoms with van der Waals surface area (Å²) >= 11 is 0. The summed E-state index contributed by atoms with van der Waals surface area (Å²) in [4.78, 5) is 60.2. The van der Waals surface area contributed by atoms with E-state index in [0.29, 0.717) is 12.8 Å². The summed E-state index contributed by atoms with van der Waals surface area (Å²) in [6, 6.07) is -4.36. The third kappa shape index (κ3) is 6.46. The van der Waals surface area contributed by atoms with E-state index >= 15 is 0 Å². The van der Waals surface area contributed by atoms with Crippen LogP contribution in [0.1, 0.15) is 32.6 Å². The fraction of sp³-hybridized carbons (Fsp3) is 0.688. The Morgan fingerprint density at radius 1 is 1.21 bits per heavy atom. The highest BCUT2D eigenvalue weighted by molar-refractivity contribution is 5.94. The Hall–Kier alpha value is -2.73. The van der Waals surface area contributed by atoms with Gasteiger partial charge in [-0.3, -0.25) is 19.2 Å². The monoisotopic (exact) mass is 401 g/mol. The lowest BCUT2D eigenvalue weighted by molar-refractivity contribution is -0.145. The summed E-state index contributed by atoms with van der Waals surface area (Å²) in [7, 11) is 0. The van der Waals surface area contributed by atoms with E-state index in [-0.39, 0.29) is 19.4 Å². The normalized spacial score (nSPS) is 19.4. The Morgan fingerprint density at radius 2 is 1.86 bits per heavy atom. The van der Waals surface area contributed by atoms with Gasteiger partial charge in [0.25, 0.3) is 0 Å². The maximum Gasteiger partial charge on any atom is 0.326 e. The van der Waals surface area contributed by atoms with Crippen LogP contribution in [0.5, 0.6) is 0 Å². The second-order valence-corrected chi connectivity index (χ2v) is 6.61. The molecular weight excluding hydrogens is 374 g/mol. The van der Waals surface area contributed by atoms with Gasteiger partial charge >= 0.3 is 5.97 Å². The van der Waals surface area contributed by atoms with Crippen molar-refractivity contribution in [2.24, 2.45) is 11.5 Å². The van der Waals surface area contributed by atoms with Crippen LogP contribution in [0.3, 0.4) is 0 Å². The number of rotatable bonds is 10. The van der Waals surface area contributed by atoms with Crippen molar-refractivity contribution in [1.29, 1.82) is 0 Å². The number of carbonyl (C=O) groups excluding carboxylic acids is 4. The molecule has 1 saturated heterocycles. The van der Waals surface area contributed by atoms with E-state index in [1.807, 2.05) is 0 Å². The summed E-state index contributed by atoms with van der Waals surface area (Å²) in [6.07, 6.45) is 0.484. The van der Waals surface area contributed by atoms with Gasteiger partial charge in [-0.1, -0.05) is 0 Å². The van der Waals surface area contributed by atoms with Crippen LogP contribution in [0.25, 0.3) is 0 Å². The predicted molar refractivity (Wildman–Crippen MR) is 95.4 cm³/mol. The number of nitrogens with one attached hydrogen (secondary N) is 2. The van der Waals surface area contributed by atoms with Gasteiger partial charge in [-0.15, -0.1) is 0 Å². The lowest BCUT2D eigenvalue weighted by Gasteiger charge is -2.28. The number of primary amides is 1. The van der Waals surface area contributed by atoms with Gasteiger partial charge in [0.15, 0.2) is 0 Å². The molecule has 1 aliphatic heterocycles. The molecular formula is C16H27N5O7. The fourth-order valence-electron chi connectivity index (χ4n) is 2.83. The van der Waals surface area contributed by atoms with E-state index in [2.05, 4.69) is 10.6 Å². The topological polar surface area (TPSA) is 205 Å². The number of aliphatic hydroxyl groups excluding tert-OH is 1. The van der Waals surface area contributed by atoms with Gasteiger partial charge in [0.2, 0.25) is 23.6 Å². The number of amides is 4. The van der Waals surface area contributed by atoms with E-state index in [0.717, 1.165) is 0 Å². The first kappa shape index (κ1) is 23.3. The maximum atomic E-state index is 12.6. The average Bonchev–Trinajstić information content (AvgIpc) is 3.12. The minimum absolute atomic E-state index is 0.164. The SMILES string of the molecule is CC(NC(=O)C(N)CO)C(=O)N1CCCC1C(=O)NC(CCC(N)=O)C(=O)O. The molecule has 1 rings (SSSR count). The van der Waals surface area contributed by atoms with Crippen LogP contribution in [-0.2, 0) is 24.0 Å². The number of nitrogens with two attached hydrogens (primary N) is 2. The first-order valence-electron chi connectivity index (χ1n) is 8.87. The molecule has 0 bridgehead atoms. The van der Waals surface area contributed by atoms with Crippen LogP contribution in [0.4, 0.5) is 0 Å².